The number of hydrogen-bond donors (Lipinski definition) is 2. The molecule has 0 spiro atoms. The summed E-state index contributed by atoms with van der Waals surface area (Å²) in [5.41, 5.74) is 1.18. The Morgan fingerprint density at radius 1 is 1.33 bits per heavy atom. The molecule has 1 aliphatic carbocycles. The van der Waals surface area contributed by atoms with Gasteiger partial charge in [-0.25, -0.2) is 0 Å². The fraction of sp³-hybridized carbons (Fsp3) is 0.684. The van der Waals surface area contributed by atoms with Crippen LogP contribution < -0.4 is 10.6 Å². The fourth-order valence-corrected chi connectivity index (χ4v) is 3.97. The molecular formula is C19H30N4O. The fourth-order valence-electron chi connectivity index (χ4n) is 3.97. The summed E-state index contributed by atoms with van der Waals surface area (Å²) in [4.78, 5) is 18.8. The summed E-state index contributed by atoms with van der Waals surface area (Å²) < 4.78 is 0. The number of piperazine rings is 1. The first-order valence-corrected chi connectivity index (χ1v) is 9.44. The second kappa shape index (κ2) is 9.14. The Morgan fingerprint density at radius 3 is 3.00 bits per heavy atom. The van der Waals surface area contributed by atoms with Gasteiger partial charge in [-0.3, -0.25) is 14.7 Å². The van der Waals surface area contributed by atoms with Crippen LogP contribution in [-0.4, -0.2) is 48.5 Å². The van der Waals surface area contributed by atoms with Gasteiger partial charge in [0.25, 0.3) is 0 Å². The third-order valence-electron chi connectivity index (χ3n) is 5.37. The van der Waals surface area contributed by atoms with Crippen molar-refractivity contribution in [3.63, 3.8) is 0 Å². The smallest absolute Gasteiger partial charge is 0.234 e. The van der Waals surface area contributed by atoms with Crippen LogP contribution in [0.3, 0.4) is 0 Å². The highest BCUT2D eigenvalue weighted by atomic mass is 16.2. The van der Waals surface area contributed by atoms with E-state index in [0.29, 0.717) is 6.54 Å². The maximum absolute atomic E-state index is 12.3. The van der Waals surface area contributed by atoms with Crippen molar-refractivity contribution in [2.45, 2.75) is 44.6 Å². The molecule has 1 saturated carbocycles. The van der Waals surface area contributed by atoms with E-state index >= 15 is 0 Å². The molecule has 0 bridgehead atoms. The number of carbonyl (C=O) groups excluding carboxylic acids is 1. The molecule has 1 amide bonds. The number of pyridine rings is 1. The molecule has 5 nitrogen and oxygen atoms in total. The predicted octanol–water partition coefficient (Wildman–Crippen LogP) is 2.11. The highest BCUT2D eigenvalue weighted by molar-refractivity contribution is 5.78. The molecule has 2 fully saturated rings. The Bertz CT molecular complexity index is 501. The van der Waals surface area contributed by atoms with Crippen molar-refractivity contribution in [3.8, 4) is 0 Å². The molecule has 2 heterocycles. The van der Waals surface area contributed by atoms with Crippen LogP contribution >= 0.6 is 0 Å². The monoisotopic (exact) mass is 330 g/mol. The summed E-state index contributed by atoms with van der Waals surface area (Å²) in [7, 11) is 0. The van der Waals surface area contributed by atoms with E-state index in [2.05, 4.69) is 26.6 Å². The third-order valence-corrected chi connectivity index (χ3v) is 5.37. The molecule has 0 aromatic carbocycles. The molecule has 1 aromatic rings. The molecule has 132 valence electrons. The van der Waals surface area contributed by atoms with Crippen molar-refractivity contribution in [2.75, 3.05) is 32.7 Å². The maximum atomic E-state index is 12.3. The quantitative estimate of drug-likeness (QED) is 0.839. The molecule has 1 atom stereocenters. The van der Waals surface area contributed by atoms with E-state index in [1.807, 2.05) is 12.3 Å². The first-order chi connectivity index (χ1) is 11.8. The summed E-state index contributed by atoms with van der Waals surface area (Å²) in [6.45, 7) is 4.02. The van der Waals surface area contributed by atoms with Crippen molar-refractivity contribution < 1.29 is 4.79 Å². The molecule has 2 aliphatic rings. The normalized spacial score (nSPS) is 23.1. The molecule has 0 radical (unpaired) electrons. The Kier molecular flexibility index (Phi) is 6.61. The SMILES string of the molecule is O=C(CN1CCNCC1c1cccnc1)NCCC1CCCCC1. The van der Waals surface area contributed by atoms with Crippen molar-refractivity contribution in [1.29, 1.82) is 0 Å². The van der Waals surface area contributed by atoms with E-state index in [0.717, 1.165) is 38.5 Å². The third kappa shape index (κ3) is 5.02. The van der Waals surface area contributed by atoms with E-state index in [1.165, 1.54) is 37.7 Å². The molecule has 1 aromatic heterocycles. The van der Waals surface area contributed by atoms with Gasteiger partial charge in [-0.05, 0) is 24.0 Å². The predicted molar refractivity (Wildman–Crippen MR) is 95.6 cm³/mol. The van der Waals surface area contributed by atoms with Gasteiger partial charge in [0.2, 0.25) is 5.91 Å². The minimum Gasteiger partial charge on any atom is -0.355 e. The van der Waals surface area contributed by atoms with Gasteiger partial charge in [-0.1, -0.05) is 38.2 Å². The van der Waals surface area contributed by atoms with Crippen LogP contribution in [0.25, 0.3) is 0 Å². The van der Waals surface area contributed by atoms with E-state index in [-0.39, 0.29) is 11.9 Å². The minimum atomic E-state index is 0.154. The molecule has 1 unspecified atom stereocenters. The summed E-state index contributed by atoms with van der Waals surface area (Å²) >= 11 is 0. The first kappa shape index (κ1) is 17.4. The number of nitrogens with one attached hydrogen (secondary N) is 2. The molecule has 1 aliphatic heterocycles. The van der Waals surface area contributed by atoms with E-state index < -0.39 is 0 Å². The number of amides is 1. The van der Waals surface area contributed by atoms with Gasteiger partial charge in [0.1, 0.15) is 0 Å². The molecule has 3 rings (SSSR count). The van der Waals surface area contributed by atoms with Crippen molar-refractivity contribution in [2.24, 2.45) is 5.92 Å². The Morgan fingerprint density at radius 2 is 2.21 bits per heavy atom. The van der Waals surface area contributed by atoms with Gasteiger partial charge in [0.15, 0.2) is 0 Å². The van der Waals surface area contributed by atoms with Crippen molar-refractivity contribution >= 4 is 5.91 Å². The number of carbonyl (C=O) groups is 1. The number of nitrogens with zero attached hydrogens (tertiary/aromatic N) is 2. The number of rotatable bonds is 6. The highest BCUT2D eigenvalue weighted by Crippen LogP contribution is 2.25. The molecule has 2 N–H and O–H groups in total. The van der Waals surface area contributed by atoms with Gasteiger partial charge < -0.3 is 10.6 Å². The zero-order valence-electron chi connectivity index (χ0n) is 14.5. The lowest BCUT2D eigenvalue weighted by molar-refractivity contribution is -0.123. The van der Waals surface area contributed by atoms with Crippen LogP contribution in [-0.2, 0) is 4.79 Å². The average molecular weight is 330 g/mol. The summed E-state index contributed by atoms with van der Waals surface area (Å²) in [5.74, 6) is 0.975. The number of aromatic nitrogens is 1. The Balaban J connectivity index is 1.45. The van der Waals surface area contributed by atoms with Crippen LogP contribution in [0.15, 0.2) is 24.5 Å². The second-order valence-corrected chi connectivity index (χ2v) is 7.12. The highest BCUT2D eigenvalue weighted by Gasteiger charge is 2.25. The van der Waals surface area contributed by atoms with Crippen LogP contribution in [0.4, 0.5) is 0 Å². The lowest BCUT2D eigenvalue weighted by atomic mass is 9.87. The zero-order valence-corrected chi connectivity index (χ0v) is 14.5. The number of hydrogen-bond acceptors (Lipinski definition) is 4. The maximum Gasteiger partial charge on any atom is 0.234 e. The zero-order chi connectivity index (χ0) is 16.6. The molecule has 24 heavy (non-hydrogen) atoms. The van der Waals surface area contributed by atoms with Crippen molar-refractivity contribution in [1.82, 2.24) is 20.5 Å². The van der Waals surface area contributed by atoms with Gasteiger partial charge in [-0.2, -0.15) is 0 Å². The molecule has 1 saturated heterocycles. The van der Waals surface area contributed by atoms with Gasteiger partial charge >= 0.3 is 0 Å². The summed E-state index contributed by atoms with van der Waals surface area (Å²) in [6, 6.07) is 4.29. The summed E-state index contributed by atoms with van der Waals surface area (Å²) in [5, 5.41) is 6.55. The molecular weight excluding hydrogens is 300 g/mol. The first-order valence-electron chi connectivity index (χ1n) is 9.44. The van der Waals surface area contributed by atoms with Crippen LogP contribution in [0, 0.1) is 5.92 Å². The van der Waals surface area contributed by atoms with Crippen LogP contribution in [0.1, 0.15) is 50.1 Å². The molecule has 5 heteroatoms. The Hall–Kier alpha value is -1.46. The topological polar surface area (TPSA) is 57.3 Å². The lowest BCUT2D eigenvalue weighted by Gasteiger charge is -2.35. The van der Waals surface area contributed by atoms with Crippen LogP contribution in [0.2, 0.25) is 0 Å². The Labute approximate surface area is 145 Å². The minimum absolute atomic E-state index is 0.154. The van der Waals surface area contributed by atoms with E-state index in [1.54, 1.807) is 6.20 Å². The van der Waals surface area contributed by atoms with Gasteiger partial charge in [0, 0.05) is 44.6 Å². The average Bonchev–Trinajstić information content (AvgIpc) is 2.64. The lowest BCUT2D eigenvalue weighted by Crippen LogP contribution is -2.49. The van der Waals surface area contributed by atoms with Crippen molar-refractivity contribution in [3.05, 3.63) is 30.1 Å². The standard InChI is InChI=1S/C19H30N4O/c24-19(22-10-8-16-5-2-1-3-6-16)15-23-12-11-21-14-18(23)17-7-4-9-20-13-17/h4,7,9,13,16,18,21H,1-3,5-6,8,10-12,14-15H2,(H,22,24). The largest absolute Gasteiger partial charge is 0.355 e. The van der Waals surface area contributed by atoms with E-state index in [9.17, 15) is 4.79 Å². The van der Waals surface area contributed by atoms with E-state index in [4.69, 9.17) is 0 Å². The van der Waals surface area contributed by atoms with Crippen LogP contribution in [0.5, 0.6) is 0 Å². The summed E-state index contributed by atoms with van der Waals surface area (Å²) in [6.07, 6.45) is 11.7. The van der Waals surface area contributed by atoms with Gasteiger partial charge in [-0.15, -0.1) is 0 Å². The van der Waals surface area contributed by atoms with Gasteiger partial charge in [0.05, 0.1) is 6.54 Å². The second-order valence-electron chi connectivity index (χ2n) is 7.12.